The highest BCUT2D eigenvalue weighted by Crippen LogP contribution is 2.52. The van der Waals surface area contributed by atoms with Gasteiger partial charge in [0, 0.05) is 12.7 Å². The highest BCUT2D eigenvalue weighted by molar-refractivity contribution is 6.38. The number of rotatable bonds is 3. The van der Waals surface area contributed by atoms with E-state index < -0.39 is 23.1 Å². The molecule has 1 aliphatic rings. The Morgan fingerprint density at radius 1 is 1.34 bits per heavy atom. The van der Waals surface area contributed by atoms with E-state index in [1.807, 2.05) is 11.5 Å². The van der Waals surface area contributed by atoms with E-state index in [1.54, 1.807) is 0 Å². The average molecular weight is 451 g/mol. The number of halogens is 5. The number of hydrogen-bond donors (Lipinski definition) is 4. The number of hydrazine groups is 1. The lowest BCUT2D eigenvalue weighted by Gasteiger charge is -2.15. The van der Waals surface area contributed by atoms with E-state index in [-0.39, 0.29) is 32.8 Å². The normalized spacial score (nSPS) is 14.4. The minimum absolute atomic E-state index is 0.129. The van der Waals surface area contributed by atoms with Crippen LogP contribution in [-0.4, -0.2) is 27.9 Å². The van der Waals surface area contributed by atoms with Gasteiger partial charge in [-0.25, -0.2) is 10.5 Å². The Labute approximate surface area is 172 Å². The van der Waals surface area contributed by atoms with Crippen LogP contribution in [0.4, 0.5) is 19.0 Å². The smallest absolute Gasteiger partial charge is 0.400 e. The molecule has 8 nitrogen and oxygen atoms in total. The maximum atomic E-state index is 12.9. The summed E-state index contributed by atoms with van der Waals surface area (Å²) >= 11 is 12.0. The summed E-state index contributed by atoms with van der Waals surface area (Å²) in [6, 6.07) is 3.18. The summed E-state index contributed by atoms with van der Waals surface area (Å²) in [7, 11) is 1.00. The monoisotopic (exact) mass is 450 g/mol. The first-order valence-electron chi connectivity index (χ1n) is 7.88. The average Bonchev–Trinajstić information content (AvgIpc) is 3.40. The molecule has 0 radical (unpaired) electrons. The van der Waals surface area contributed by atoms with Crippen molar-refractivity contribution in [2.75, 3.05) is 12.8 Å². The molecule has 0 atom stereocenters. The van der Waals surface area contributed by atoms with E-state index >= 15 is 0 Å². The van der Waals surface area contributed by atoms with Crippen LogP contribution < -0.4 is 17.0 Å². The predicted octanol–water partition coefficient (Wildman–Crippen LogP) is 2.28. The van der Waals surface area contributed by atoms with Gasteiger partial charge in [-0.1, -0.05) is 23.2 Å². The number of aromatic nitrogens is 2. The Kier molecular flexibility index (Phi) is 6.34. The van der Waals surface area contributed by atoms with Gasteiger partial charge < -0.3 is 10.8 Å². The lowest BCUT2D eigenvalue weighted by Crippen LogP contribution is -2.39. The second-order valence-corrected chi connectivity index (χ2v) is 6.79. The fourth-order valence-corrected chi connectivity index (χ4v) is 3.58. The number of carbonyl (C=O) groups is 1. The molecular formula is C16H15Cl2F3N6O2. The highest BCUT2D eigenvalue weighted by Gasteiger charge is 2.55. The fraction of sp³-hybridized carbons (Fsp3) is 0.312. The molecule has 0 aliphatic heterocycles. The predicted molar refractivity (Wildman–Crippen MR) is 99.1 cm³/mol. The third-order valence-electron chi connectivity index (χ3n) is 4.38. The van der Waals surface area contributed by atoms with Gasteiger partial charge in [-0.3, -0.25) is 10.2 Å². The van der Waals surface area contributed by atoms with Gasteiger partial charge in [-0.2, -0.15) is 23.5 Å². The van der Waals surface area contributed by atoms with Crippen LogP contribution in [0.3, 0.4) is 0 Å². The van der Waals surface area contributed by atoms with Crippen molar-refractivity contribution in [3.8, 4) is 11.8 Å². The third-order valence-corrected chi connectivity index (χ3v) is 4.95. The lowest BCUT2D eigenvalue weighted by atomic mass is 9.94. The summed E-state index contributed by atoms with van der Waals surface area (Å²) in [5.41, 5.74) is 5.78. The van der Waals surface area contributed by atoms with Gasteiger partial charge in [0.2, 0.25) is 5.91 Å². The van der Waals surface area contributed by atoms with Crippen molar-refractivity contribution >= 4 is 34.9 Å². The first-order valence-corrected chi connectivity index (χ1v) is 8.64. The summed E-state index contributed by atoms with van der Waals surface area (Å²) in [5, 5.41) is 19.6. The number of nitrogen functional groups attached to an aromatic ring is 1. The number of hydrogen-bond acceptors (Lipinski definition) is 6. The Hall–Kier alpha value is -2.52. The molecule has 1 aliphatic carbocycles. The van der Waals surface area contributed by atoms with Crippen molar-refractivity contribution in [3.05, 3.63) is 39.0 Å². The summed E-state index contributed by atoms with van der Waals surface area (Å²) in [4.78, 5) is 12.1. The quantitative estimate of drug-likeness (QED) is 0.320. The molecular weight excluding hydrogens is 436 g/mol. The number of carbonyl (C=O) groups excluding carboxylic acids is 1. The van der Waals surface area contributed by atoms with E-state index in [2.05, 4.69) is 5.10 Å². The second-order valence-electron chi connectivity index (χ2n) is 5.97. The summed E-state index contributed by atoms with van der Waals surface area (Å²) in [6.07, 6.45) is -3.88. The van der Waals surface area contributed by atoms with E-state index in [0.29, 0.717) is 25.0 Å². The number of benzene rings is 1. The molecule has 0 unspecified atom stereocenters. The Bertz CT molecular complexity index is 973. The molecule has 1 fully saturated rings. The number of aliphatic hydroxyl groups excluding tert-OH is 1. The molecule has 1 aromatic carbocycles. The molecule has 0 spiro atoms. The molecule has 1 heterocycles. The molecule has 0 bridgehead atoms. The van der Waals surface area contributed by atoms with Crippen molar-refractivity contribution in [2.24, 2.45) is 5.84 Å². The zero-order valence-corrected chi connectivity index (χ0v) is 16.3. The van der Waals surface area contributed by atoms with Gasteiger partial charge in [0.15, 0.2) is 5.69 Å². The lowest BCUT2D eigenvalue weighted by molar-refractivity contribution is -0.137. The van der Waals surface area contributed by atoms with Crippen molar-refractivity contribution in [1.29, 1.82) is 5.26 Å². The molecule has 6 N–H and O–H groups in total. The number of alkyl halides is 3. The van der Waals surface area contributed by atoms with Gasteiger partial charge >= 0.3 is 6.18 Å². The summed E-state index contributed by atoms with van der Waals surface area (Å²) < 4.78 is 39.7. The highest BCUT2D eigenvalue weighted by atomic mass is 35.5. The number of anilines is 1. The number of nitrogens with zero attached hydrogens (tertiary/aromatic N) is 3. The van der Waals surface area contributed by atoms with Gasteiger partial charge in [0.05, 0.1) is 21.0 Å². The maximum Gasteiger partial charge on any atom is 0.416 e. The molecule has 3 rings (SSSR count). The minimum Gasteiger partial charge on any atom is -0.400 e. The van der Waals surface area contributed by atoms with E-state index in [9.17, 15) is 23.2 Å². The van der Waals surface area contributed by atoms with Crippen LogP contribution in [0.1, 0.15) is 29.7 Å². The van der Waals surface area contributed by atoms with Gasteiger partial charge in [-0.15, -0.1) is 0 Å². The molecule has 13 heteroatoms. The first kappa shape index (κ1) is 22.8. The molecule has 29 heavy (non-hydrogen) atoms. The van der Waals surface area contributed by atoms with Crippen molar-refractivity contribution in [3.63, 3.8) is 0 Å². The van der Waals surface area contributed by atoms with Crippen LogP contribution in [0.15, 0.2) is 12.1 Å². The van der Waals surface area contributed by atoms with E-state index in [4.69, 9.17) is 39.9 Å². The van der Waals surface area contributed by atoms with Crippen LogP contribution in [0, 0.1) is 11.3 Å². The van der Waals surface area contributed by atoms with Crippen LogP contribution in [0.2, 0.25) is 10.0 Å². The fourth-order valence-electron chi connectivity index (χ4n) is 2.94. The number of aliphatic hydroxyl groups is 1. The molecule has 156 valence electrons. The Balaban J connectivity index is 0.00000145. The van der Waals surface area contributed by atoms with Gasteiger partial charge in [0.25, 0.3) is 0 Å². The van der Waals surface area contributed by atoms with Crippen LogP contribution in [-0.2, 0) is 16.4 Å². The van der Waals surface area contributed by atoms with Gasteiger partial charge in [-0.05, 0) is 25.0 Å². The molecule has 0 saturated heterocycles. The molecule has 1 saturated carbocycles. The zero-order valence-electron chi connectivity index (χ0n) is 14.8. The maximum absolute atomic E-state index is 12.9. The minimum atomic E-state index is -4.65. The number of amides is 1. The largest absolute Gasteiger partial charge is 0.416 e. The first-order chi connectivity index (χ1) is 13.6. The number of nitriles is 1. The summed E-state index contributed by atoms with van der Waals surface area (Å²) in [6.45, 7) is 0. The van der Waals surface area contributed by atoms with E-state index in [1.165, 1.54) is 0 Å². The molecule has 2 aromatic rings. The van der Waals surface area contributed by atoms with E-state index in [0.717, 1.165) is 11.8 Å². The summed E-state index contributed by atoms with van der Waals surface area (Å²) in [5.74, 6) is 4.53. The standard InChI is InChI=1S/C15H11Cl2F3N6O.CH4O/c16-7-3-6(15(18,19)20)4-8(17)11(7)26-12(22)10(9(5-21)25-26)14(1-2-14)13(27)24-23;1-2/h3-4H,1-2,22-23H2,(H,24,27);2H,1H3. The van der Waals surface area contributed by atoms with Crippen molar-refractivity contribution < 1.29 is 23.1 Å². The Morgan fingerprint density at radius 3 is 2.24 bits per heavy atom. The SMILES string of the molecule is CO.N#Cc1nn(-c2c(Cl)cc(C(F)(F)F)cc2Cl)c(N)c1C1(C(=O)NN)CC1. The zero-order chi connectivity index (χ0) is 22.1. The molecule has 1 aromatic heterocycles. The molecule has 1 amide bonds. The van der Waals surface area contributed by atoms with Gasteiger partial charge in [0.1, 0.15) is 17.6 Å². The number of nitrogens with one attached hydrogen (secondary N) is 1. The van der Waals surface area contributed by atoms with Crippen LogP contribution in [0.5, 0.6) is 0 Å². The number of nitrogens with two attached hydrogens (primary N) is 2. The Morgan fingerprint density at radius 2 is 1.86 bits per heavy atom. The van der Waals surface area contributed by atoms with Crippen molar-refractivity contribution in [2.45, 2.75) is 24.4 Å². The van der Waals surface area contributed by atoms with Crippen molar-refractivity contribution in [1.82, 2.24) is 15.2 Å². The van der Waals surface area contributed by atoms with Crippen LogP contribution in [0.25, 0.3) is 5.69 Å². The second kappa shape index (κ2) is 8.08. The van der Waals surface area contributed by atoms with Crippen LogP contribution >= 0.6 is 23.2 Å². The third kappa shape index (κ3) is 3.84. The topological polar surface area (TPSA) is 143 Å².